The van der Waals surface area contributed by atoms with Gasteiger partial charge >= 0.3 is 6.18 Å². The lowest BCUT2D eigenvalue weighted by atomic mass is 10.1. The Morgan fingerprint density at radius 2 is 1.96 bits per heavy atom. The smallest absolute Gasteiger partial charge is 0.339 e. The van der Waals surface area contributed by atoms with Crippen LogP contribution in [0.1, 0.15) is 21.5 Å². The molecule has 1 aliphatic rings. The third kappa shape index (κ3) is 3.21. The normalized spacial score (nSPS) is 14.5. The number of carbonyl (C=O) groups excluding carboxylic acids is 1. The molecule has 2 heterocycles. The van der Waals surface area contributed by atoms with Gasteiger partial charge in [-0.3, -0.25) is 4.79 Å². The molecule has 0 fully saturated rings. The molecule has 3 rings (SSSR count). The molecule has 0 saturated heterocycles. The van der Waals surface area contributed by atoms with Crippen molar-refractivity contribution in [2.45, 2.75) is 17.9 Å². The van der Waals surface area contributed by atoms with E-state index < -0.39 is 32.6 Å². The van der Waals surface area contributed by atoms with Crippen LogP contribution in [0.3, 0.4) is 0 Å². The highest BCUT2D eigenvalue weighted by Gasteiger charge is 2.37. The van der Waals surface area contributed by atoms with Crippen LogP contribution in [0.15, 0.2) is 29.6 Å². The van der Waals surface area contributed by atoms with Gasteiger partial charge in [0.25, 0.3) is 5.91 Å². The molecule has 0 radical (unpaired) electrons. The second-order valence-corrected chi connectivity index (χ2v) is 7.72. The number of aromatic nitrogens is 2. The standard InChI is InChI=1S/C15H13F3N4O3S/c1-22-7-8-4-3-5-10(11(8)13(22)23)20-12-9(15(16,17)18)6-19-14(21-12)26(2,24)25/h3-6H,7H2,1-2H3,(H,19,20,21). The van der Waals surface area contributed by atoms with Crippen LogP contribution in [-0.4, -0.2) is 42.5 Å². The predicted molar refractivity (Wildman–Crippen MR) is 85.7 cm³/mol. The van der Waals surface area contributed by atoms with Crippen molar-refractivity contribution in [2.24, 2.45) is 0 Å². The van der Waals surface area contributed by atoms with Gasteiger partial charge in [0.05, 0.1) is 11.3 Å². The minimum absolute atomic E-state index is 0.112. The summed E-state index contributed by atoms with van der Waals surface area (Å²) in [7, 11) is -2.35. The molecule has 0 unspecified atom stereocenters. The first-order valence-electron chi connectivity index (χ1n) is 7.27. The van der Waals surface area contributed by atoms with E-state index in [1.165, 1.54) is 11.0 Å². The first-order valence-corrected chi connectivity index (χ1v) is 9.16. The van der Waals surface area contributed by atoms with E-state index in [0.717, 1.165) is 6.26 Å². The molecule has 0 bridgehead atoms. The molecule has 1 aliphatic heterocycles. The molecule has 26 heavy (non-hydrogen) atoms. The third-order valence-corrected chi connectivity index (χ3v) is 4.64. The summed E-state index contributed by atoms with van der Waals surface area (Å²) in [6.07, 6.45) is -3.61. The van der Waals surface area contributed by atoms with E-state index in [1.807, 2.05) is 0 Å². The quantitative estimate of drug-likeness (QED) is 0.814. The minimum atomic E-state index is -4.81. The summed E-state index contributed by atoms with van der Waals surface area (Å²) in [5, 5.41) is 1.71. The van der Waals surface area contributed by atoms with Crippen LogP contribution in [0.4, 0.5) is 24.7 Å². The number of hydrogen-bond donors (Lipinski definition) is 1. The number of nitrogens with zero attached hydrogens (tertiary/aromatic N) is 3. The van der Waals surface area contributed by atoms with Crippen molar-refractivity contribution in [1.29, 1.82) is 0 Å². The number of rotatable bonds is 3. The fourth-order valence-corrected chi connectivity index (χ4v) is 3.08. The van der Waals surface area contributed by atoms with Gasteiger partial charge in [0.2, 0.25) is 15.0 Å². The summed E-state index contributed by atoms with van der Waals surface area (Å²) in [5.74, 6) is -1.09. The Kier molecular flexibility index (Phi) is 4.14. The molecule has 7 nitrogen and oxygen atoms in total. The minimum Gasteiger partial charge on any atom is -0.339 e. The maximum Gasteiger partial charge on any atom is 0.421 e. The Balaban J connectivity index is 2.14. The van der Waals surface area contributed by atoms with Crippen LogP contribution in [0.5, 0.6) is 0 Å². The number of benzene rings is 1. The molecule has 1 amide bonds. The highest BCUT2D eigenvalue weighted by molar-refractivity contribution is 7.90. The SMILES string of the molecule is CN1Cc2cccc(Nc3nc(S(C)(=O)=O)ncc3C(F)(F)F)c2C1=O. The highest BCUT2D eigenvalue weighted by Crippen LogP contribution is 2.37. The van der Waals surface area contributed by atoms with Gasteiger partial charge in [0, 0.05) is 26.0 Å². The average molecular weight is 386 g/mol. The van der Waals surface area contributed by atoms with Gasteiger partial charge in [-0.05, 0) is 11.6 Å². The van der Waals surface area contributed by atoms with Crippen LogP contribution in [0, 0.1) is 0 Å². The van der Waals surface area contributed by atoms with Crippen LogP contribution in [0.2, 0.25) is 0 Å². The van der Waals surface area contributed by atoms with Crippen molar-refractivity contribution < 1.29 is 26.4 Å². The Morgan fingerprint density at radius 3 is 2.58 bits per heavy atom. The molecule has 1 aromatic heterocycles. The van der Waals surface area contributed by atoms with Gasteiger partial charge in [0.1, 0.15) is 11.4 Å². The molecule has 0 saturated carbocycles. The Bertz CT molecular complexity index is 1010. The van der Waals surface area contributed by atoms with Gasteiger partial charge in [0.15, 0.2) is 0 Å². The fourth-order valence-electron chi connectivity index (χ4n) is 2.58. The second kappa shape index (κ2) is 5.94. The number of alkyl halides is 3. The summed E-state index contributed by atoms with van der Waals surface area (Å²) in [5.41, 5.74) is -0.252. The molecule has 0 atom stereocenters. The Morgan fingerprint density at radius 1 is 1.27 bits per heavy atom. The lowest BCUT2D eigenvalue weighted by Crippen LogP contribution is -2.19. The summed E-state index contributed by atoms with van der Waals surface area (Å²) in [6.45, 7) is 0.328. The van der Waals surface area contributed by atoms with Gasteiger partial charge in [-0.15, -0.1) is 0 Å². The summed E-state index contributed by atoms with van der Waals surface area (Å²) >= 11 is 0. The van der Waals surface area contributed by atoms with E-state index >= 15 is 0 Å². The maximum atomic E-state index is 13.2. The zero-order valence-corrected chi connectivity index (χ0v) is 14.4. The predicted octanol–water partition coefficient (Wildman–Crippen LogP) is 2.23. The summed E-state index contributed by atoms with van der Waals surface area (Å²) in [6, 6.07) is 4.70. The Labute approximate surface area is 146 Å². The molecule has 0 spiro atoms. The van der Waals surface area contributed by atoms with Crippen molar-refractivity contribution >= 4 is 27.2 Å². The van der Waals surface area contributed by atoms with Gasteiger partial charge in [-0.1, -0.05) is 12.1 Å². The van der Waals surface area contributed by atoms with Gasteiger partial charge < -0.3 is 10.2 Å². The second-order valence-electron chi connectivity index (χ2n) is 5.81. The van der Waals surface area contributed by atoms with E-state index in [0.29, 0.717) is 18.3 Å². The first-order chi connectivity index (χ1) is 12.0. The largest absolute Gasteiger partial charge is 0.421 e. The van der Waals surface area contributed by atoms with Crippen molar-refractivity contribution in [3.8, 4) is 0 Å². The average Bonchev–Trinajstić information content (AvgIpc) is 2.81. The van der Waals surface area contributed by atoms with E-state index in [-0.39, 0.29) is 17.2 Å². The Hall–Kier alpha value is -2.69. The van der Waals surface area contributed by atoms with Crippen molar-refractivity contribution in [2.75, 3.05) is 18.6 Å². The lowest BCUT2D eigenvalue weighted by molar-refractivity contribution is -0.137. The van der Waals surface area contributed by atoms with Crippen LogP contribution in [-0.2, 0) is 22.6 Å². The molecule has 138 valence electrons. The number of carbonyl (C=O) groups is 1. The molecule has 11 heteroatoms. The molecule has 1 aromatic carbocycles. The first kappa shape index (κ1) is 18.1. The van der Waals surface area contributed by atoms with E-state index in [4.69, 9.17) is 0 Å². The number of nitrogens with one attached hydrogen (secondary N) is 1. The van der Waals surface area contributed by atoms with Gasteiger partial charge in [-0.2, -0.15) is 13.2 Å². The maximum absolute atomic E-state index is 13.2. The lowest BCUT2D eigenvalue weighted by Gasteiger charge is -2.15. The van der Waals surface area contributed by atoms with Crippen LogP contribution >= 0.6 is 0 Å². The number of sulfone groups is 1. The van der Waals surface area contributed by atoms with Crippen molar-refractivity contribution in [3.63, 3.8) is 0 Å². The zero-order valence-electron chi connectivity index (χ0n) is 13.6. The molecule has 0 aliphatic carbocycles. The summed E-state index contributed by atoms with van der Waals surface area (Å²) in [4.78, 5) is 20.5. The van der Waals surface area contributed by atoms with E-state index in [1.54, 1.807) is 19.2 Å². The van der Waals surface area contributed by atoms with E-state index in [2.05, 4.69) is 15.3 Å². The number of amides is 1. The number of halogens is 3. The fraction of sp³-hybridized carbons (Fsp3) is 0.267. The monoisotopic (exact) mass is 386 g/mol. The van der Waals surface area contributed by atoms with Gasteiger partial charge in [-0.25, -0.2) is 18.4 Å². The molecule has 1 N–H and O–H groups in total. The molecular formula is C15H13F3N4O3S. The number of fused-ring (bicyclic) bond motifs is 1. The number of anilines is 2. The topological polar surface area (TPSA) is 92.3 Å². The van der Waals surface area contributed by atoms with Crippen LogP contribution in [0.25, 0.3) is 0 Å². The van der Waals surface area contributed by atoms with E-state index in [9.17, 15) is 26.4 Å². The number of hydrogen-bond acceptors (Lipinski definition) is 6. The summed E-state index contributed by atoms with van der Waals surface area (Å²) < 4.78 is 62.9. The van der Waals surface area contributed by atoms with Crippen LogP contribution < -0.4 is 5.32 Å². The highest BCUT2D eigenvalue weighted by atomic mass is 32.2. The van der Waals surface area contributed by atoms with Crippen molar-refractivity contribution in [3.05, 3.63) is 41.1 Å². The molecule has 2 aromatic rings. The zero-order chi connectivity index (χ0) is 19.3. The van der Waals surface area contributed by atoms with Crippen molar-refractivity contribution in [1.82, 2.24) is 14.9 Å². The molecular weight excluding hydrogens is 373 g/mol. The third-order valence-electron chi connectivity index (χ3n) is 3.78.